The van der Waals surface area contributed by atoms with Crippen LogP contribution in [0.3, 0.4) is 0 Å². The number of aromatic nitrogens is 1. The molecule has 4 rings (SSSR count). The monoisotopic (exact) mass is 418 g/mol. The molecule has 1 fully saturated rings. The number of halogens is 1. The molecule has 31 heavy (non-hydrogen) atoms. The van der Waals surface area contributed by atoms with Gasteiger partial charge in [0.05, 0.1) is 24.4 Å². The van der Waals surface area contributed by atoms with Crippen molar-refractivity contribution in [2.75, 3.05) is 12.0 Å². The van der Waals surface area contributed by atoms with E-state index in [1.54, 1.807) is 55.7 Å². The number of aryl methyl sites for hydroxylation is 1. The Balaban J connectivity index is 1.97. The van der Waals surface area contributed by atoms with E-state index >= 15 is 0 Å². The second kappa shape index (κ2) is 8.02. The van der Waals surface area contributed by atoms with Crippen LogP contribution in [0.4, 0.5) is 10.1 Å². The average molecular weight is 418 g/mol. The van der Waals surface area contributed by atoms with Crippen molar-refractivity contribution in [1.82, 2.24) is 4.98 Å². The molecule has 1 aromatic heterocycles. The fourth-order valence-electron chi connectivity index (χ4n) is 3.72. The van der Waals surface area contributed by atoms with Gasteiger partial charge in [-0.25, -0.2) is 4.39 Å². The molecule has 0 saturated carbocycles. The van der Waals surface area contributed by atoms with Crippen LogP contribution in [0.25, 0.3) is 5.76 Å². The molecule has 2 aromatic carbocycles. The van der Waals surface area contributed by atoms with Crippen LogP contribution in [-0.2, 0) is 9.59 Å². The number of aliphatic hydroxyl groups excluding tert-OH is 1. The number of aliphatic hydroxyl groups is 1. The molecule has 1 amide bonds. The number of ketones is 1. The van der Waals surface area contributed by atoms with Crippen LogP contribution < -0.4 is 9.64 Å². The van der Waals surface area contributed by atoms with Gasteiger partial charge in [0.15, 0.2) is 0 Å². The lowest BCUT2D eigenvalue weighted by Gasteiger charge is -2.26. The third-order valence-electron chi connectivity index (χ3n) is 5.24. The van der Waals surface area contributed by atoms with E-state index in [4.69, 9.17) is 4.74 Å². The van der Waals surface area contributed by atoms with Crippen molar-refractivity contribution in [2.24, 2.45) is 0 Å². The van der Waals surface area contributed by atoms with E-state index in [0.717, 1.165) is 0 Å². The highest BCUT2D eigenvalue weighted by atomic mass is 19.1. The summed E-state index contributed by atoms with van der Waals surface area (Å²) in [5, 5.41) is 11.1. The number of ether oxygens (including phenoxy) is 1. The Kier molecular flexibility index (Phi) is 5.25. The summed E-state index contributed by atoms with van der Waals surface area (Å²) in [6.45, 7) is 1.56. The Labute approximate surface area is 178 Å². The molecular formula is C24H19FN2O4. The number of anilines is 1. The first kappa shape index (κ1) is 20.3. The summed E-state index contributed by atoms with van der Waals surface area (Å²) in [6, 6.07) is 13.3. The van der Waals surface area contributed by atoms with Crippen molar-refractivity contribution in [3.63, 3.8) is 0 Å². The van der Waals surface area contributed by atoms with Gasteiger partial charge in [0.2, 0.25) is 0 Å². The van der Waals surface area contributed by atoms with Gasteiger partial charge in [0, 0.05) is 18.0 Å². The van der Waals surface area contributed by atoms with E-state index in [-0.39, 0.29) is 16.9 Å². The largest absolute Gasteiger partial charge is 0.507 e. The number of benzene rings is 2. The van der Waals surface area contributed by atoms with Crippen molar-refractivity contribution in [3.05, 3.63) is 95.1 Å². The molecule has 1 atom stereocenters. The summed E-state index contributed by atoms with van der Waals surface area (Å²) in [6.07, 6.45) is 3.08. The van der Waals surface area contributed by atoms with Gasteiger partial charge in [-0.15, -0.1) is 0 Å². The minimum Gasteiger partial charge on any atom is -0.507 e. The van der Waals surface area contributed by atoms with Crippen molar-refractivity contribution >= 4 is 23.1 Å². The third kappa shape index (κ3) is 3.44. The van der Waals surface area contributed by atoms with Gasteiger partial charge >= 0.3 is 0 Å². The fourth-order valence-corrected chi connectivity index (χ4v) is 3.72. The van der Waals surface area contributed by atoms with Crippen molar-refractivity contribution < 1.29 is 23.8 Å². The Bertz CT molecular complexity index is 1210. The second-order valence-corrected chi connectivity index (χ2v) is 7.09. The highest BCUT2D eigenvalue weighted by molar-refractivity contribution is 6.51. The second-order valence-electron chi connectivity index (χ2n) is 7.09. The number of pyridine rings is 1. The van der Waals surface area contributed by atoms with Crippen LogP contribution >= 0.6 is 0 Å². The molecule has 156 valence electrons. The molecule has 0 bridgehead atoms. The molecule has 6 nitrogen and oxygen atoms in total. The topological polar surface area (TPSA) is 79.7 Å². The molecule has 1 aliphatic heterocycles. The predicted molar refractivity (Wildman–Crippen MR) is 113 cm³/mol. The van der Waals surface area contributed by atoms with Gasteiger partial charge in [-0.05, 0) is 60.5 Å². The first-order valence-corrected chi connectivity index (χ1v) is 9.54. The number of para-hydroxylation sites is 2. The maximum absolute atomic E-state index is 13.7. The summed E-state index contributed by atoms with van der Waals surface area (Å²) < 4.78 is 19.1. The van der Waals surface area contributed by atoms with Crippen molar-refractivity contribution in [3.8, 4) is 5.75 Å². The molecule has 1 saturated heterocycles. The number of Topliss-reactive ketones (excluding diaryl/α,β-unsaturated/α-hetero) is 1. The van der Waals surface area contributed by atoms with E-state index in [1.807, 2.05) is 0 Å². The van der Waals surface area contributed by atoms with Crippen LogP contribution in [0, 0.1) is 12.7 Å². The van der Waals surface area contributed by atoms with Gasteiger partial charge in [-0.1, -0.05) is 12.1 Å². The molecule has 7 heteroatoms. The van der Waals surface area contributed by atoms with Crippen molar-refractivity contribution in [1.29, 1.82) is 0 Å². The first-order chi connectivity index (χ1) is 14.9. The Morgan fingerprint density at radius 1 is 1.10 bits per heavy atom. The molecule has 0 spiro atoms. The van der Waals surface area contributed by atoms with Crippen LogP contribution in [-0.4, -0.2) is 28.9 Å². The lowest BCUT2D eigenvalue weighted by Crippen LogP contribution is -2.29. The number of methoxy groups -OCH3 is 1. The zero-order valence-corrected chi connectivity index (χ0v) is 16.9. The van der Waals surface area contributed by atoms with Crippen molar-refractivity contribution in [2.45, 2.75) is 13.0 Å². The molecule has 3 aromatic rings. The number of amides is 1. The molecule has 0 aliphatic carbocycles. The van der Waals surface area contributed by atoms with Gasteiger partial charge < -0.3 is 9.84 Å². The Hall–Kier alpha value is -4.00. The van der Waals surface area contributed by atoms with Crippen LogP contribution in [0.15, 0.2) is 72.6 Å². The molecular weight excluding hydrogens is 399 g/mol. The minimum absolute atomic E-state index is 0.0897. The quantitative estimate of drug-likeness (QED) is 0.391. The van der Waals surface area contributed by atoms with E-state index in [2.05, 4.69) is 4.98 Å². The molecule has 1 aliphatic rings. The normalized spacial score (nSPS) is 17.8. The summed E-state index contributed by atoms with van der Waals surface area (Å²) in [4.78, 5) is 31.5. The van der Waals surface area contributed by atoms with Crippen LogP contribution in [0.2, 0.25) is 0 Å². The van der Waals surface area contributed by atoms with Crippen LogP contribution in [0.1, 0.15) is 22.7 Å². The van der Waals surface area contributed by atoms with Gasteiger partial charge in [0.25, 0.3) is 11.7 Å². The number of hydrogen-bond donors (Lipinski definition) is 1. The Morgan fingerprint density at radius 2 is 1.81 bits per heavy atom. The number of carbonyl (C=O) groups excluding carboxylic acids is 2. The summed E-state index contributed by atoms with van der Waals surface area (Å²) in [5.74, 6) is -2.04. The maximum atomic E-state index is 13.7. The summed E-state index contributed by atoms with van der Waals surface area (Å²) >= 11 is 0. The first-order valence-electron chi connectivity index (χ1n) is 9.54. The molecule has 1 N–H and O–H groups in total. The molecule has 1 unspecified atom stereocenters. The molecule has 0 radical (unpaired) electrons. The number of hydrogen-bond acceptors (Lipinski definition) is 5. The van der Waals surface area contributed by atoms with E-state index < -0.39 is 23.5 Å². The van der Waals surface area contributed by atoms with Gasteiger partial charge in [0.1, 0.15) is 17.3 Å². The Morgan fingerprint density at radius 3 is 2.48 bits per heavy atom. The zero-order chi connectivity index (χ0) is 22.1. The highest BCUT2D eigenvalue weighted by Crippen LogP contribution is 2.44. The average Bonchev–Trinajstić information content (AvgIpc) is 3.06. The number of nitrogens with zero attached hydrogens (tertiary/aromatic N) is 2. The molecule has 2 heterocycles. The smallest absolute Gasteiger partial charge is 0.300 e. The van der Waals surface area contributed by atoms with Crippen LogP contribution in [0.5, 0.6) is 5.75 Å². The van der Waals surface area contributed by atoms with Gasteiger partial charge in [-0.3, -0.25) is 19.5 Å². The van der Waals surface area contributed by atoms with E-state index in [0.29, 0.717) is 22.6 Å². The van der Waals surface area contributed by atoms with E-state index in [1.165, 1.54) is 30.2 Å². The number of carbonyl (C=O) groups is 2. The highest BCUT2D eigenvalue weighted by Gasteiger charge is 2.47. The lowest BCUT2D eigenvalue weighted by atomic mass is 9.95. The summed E-state index contributed by atoms with van der Waals surface area (Å²) in [5.41, 5.74) is 1.44. The predicted octanol–water partition coefficient (Wildman–Crippen LogP) is 4.16. The lowest BCUT2D eigenvalue weighted by molar-refractivity contribution is -0.132. The SMILES string of the molecule is COc1ccccc1N1C(=O)C(=O)/C(=C(\O)c2ccc(F)c(C)c2)C1c1ccncc1. The minimum atomic E-state index is -0.912. The van der Waals surface area contributed by atoms with Gasteiger partial charge in [-0.2, -0.15) is 0 Å². The zero-order valence-electron chi connectivity index (χ0n) is 16.9. The fraction of sp³-hybridized carbons (Fsp3) is 0.125. The van der Waals surface area contributed by atoms with E-state index in [9.17, 15) is 19.1 Å². The summed E-state index contributed by atoms with van der Waals surface area (Å²) in [7, 11) is 1.47. The number of rotatable bonds is 4. The third-order valence-corrected chi connectivity index (χ3v) is 5.24. The maximum Gasteiger partial charge on any atom is 0.300 e. The standard InChI is InChI=1S/C24H19FN2O4/c1-14-13-16(7-8-17(14)25)22(28)20-21(15-9-11-26-12-10-15)27(24(30)23(20)29)18-5-3-4-6-19(18)31-2/h3-13,21,28H,1-2H3/b22-20-.